The first-order valence-corrected chi connectivity index (χ1v) is 9.86. The van der Waals surface area contributed by atoms with Gasteiger partial charge in [0.1, 0.15) is 0 Å². The minimum Gasteiger partial charge on any atom is -0.481 e. The highest BCUT2D eigenvalue weighted by molar-refractivity contribution is 9.11. The molecule has 0 aliphatic carbocycles. The molecule has 128 valence electrons. The Kier molecular flexibility index (Phi) is 5.42. The van der Waals surface area contributed by atoms with Crippen LogP contribution in [0.5, 0.6) is 0 Å². The lowest BCUT2D eigenvalue weighted by atomic mass is 9.92. The van der Waals surface area contributed by atoms with Crippen molar-refractivity contribution in [1.82, 2.24) is 4.90 Å². The van der Waals surface area contributed by atoms with Crippen LogP contribution in [-0.4, -0.2) is 29.1 Å². The SMILES string of the molecule is Cc1ccc(C)c(C(c2ccc(Br)s2)N2CCCC(C(=O)O)C2)c1. The number of likely N-dealkylation sites (tertiary alicyclic amines) is 1. The molecule has 1 N–H and O–H groups in total. The Balaban J connectivity index is 2.02. The molecule has 1 aromatic carbocycles. The molecule has 2 heterocycles. The third-order valence-electron chi connectivity index (χ3n) is 4.76. The Labute approximate surface area is 155 Å². The highest BCUT2D eigenvalue weighted by atomic mass is 79.9. The van der Waals surface area contributed by atoms with Crippen molar-refractivity contribution in [2.75, 3.05) is 13.1 Å². The van der Waals surface area contributed by atoms with E-state index < -0.39 is 5.97 Å². The number of nitrogens with zero attached hydrogens (tertiary/aromatic N) is 1. The summed E-state index contributed by atoms with van der Waals surface area (Å²) in [6.07, 6.45) is 1.71. The van der Waals surface area contributed by atoms with Crippen LogP contribution in [0.2, 0.25) is 0 Å². The Morgan fingerprint density at radius 1 is 1.33 bits per heavy atom. The van der Waals surface area contributed by atoms with Crippen molar-refractivity contribution in [3.63, 3.8) is 0 Å². The third-order valence-corrected chi connectivity index (χ3v) is 6.44. The topological polar surface area (TPSA) is 40.5 Å². The van der Waals surface area contributed by atoms with Crippen LogP contribution in [0.25, 0.3) is 0 Å². The quantitative estimate of drug-likeness (QED) is 0.773. The van der Waals surface area contributed by atoms with Gasteiger partial charge in [0.25, 0.3) is 0 Å². The average molecular weight is 408 g/mol. The lowest BCUT2D eigenvalue weighted by Gasteiger charge is -2.37. The van der Waals surface area contributed by atoms with Gasteiger partial charge in [-0.15, -0.1) is 11.3 Å². The largest absolute Gasteiger partial charge is 0.481 e. The Bertz CT molecular complexity index is 743. The standard InChI is InChI=1S/C19H22BrNO2S/c1-12-5-6-13(2)15(10-12)18(16-7-8-17(20)24-16)21-9-3-4-14(11-21)19(22)23/h5-8,10,14,18H,3-4,9,11H2,1-2H3,(H,22,23). The molecule has 0 bridgehead atoms. The fourth-order valence-corrected chi connectivity index (χ4v) is 5.08. The predicted molar refractivity (Wildman–Crippen MR) is 102 cm³/mol. The fraction of sp³-hybridized carbons (Fsp3) is 0.421. The monoisotopic (exact) mass is 407 g/mol. The van der Waals surface area contributed by atoms with Crippen LogP contribution in [0, 0.1) is 19.8 Å². The zero-order chi connectivity index (χ0) is 17.3. The maximum absolute atomic E-state index is 11.5. The number of carboxylic acid groups (broad SMARTS) is 1. The first kappa shape index (κ1) is 17.6. The summed E-state index contributed by atoms with van der Waals surface area (Å²) >= 11 is 5.31. The van der Waals surface area contributed by atoms with Crippen molar-refractivity contribution in [3.8, 4) is 0 Å². The summed E-state index contributed by atoms with van der Waals surface area (Å²) in [6, 6.07) is 10.9. The second-order valence-corrected chi connectivity index (χ2v) is 9.07. The van der Waals surface area contributed by atoms with E-state index >= 15 is 0 Å². The summed E-state index contributed by atoms with van der Waals surface area (Å²) < 4.78 is 1.11. The van der Waals surface area contributed by atoms with Gasteiger partial charge in [-0.3, -0.25) is 9.69 Å². The number of hydrogen-bond acceptors (Lipinski definition) is 3. The number of piperidine rings is 1. The number of benzene rings is 1. The van der Waals surface area contributed by atoms with Crippen LogP contribution in [0.15, 0.2) is 34.1 Å². The molecule has 1 saturated heterocycles. The second-order valence-electron chi connectivity index (χ2n) is 6.58. The molecule has 5 heteroatoms. The lowest BCUT2D eigenvalue weighted by molar-refractivity contribution is -0.143. The molecule has 3 rings (SSSR count). The molecule has 1 aromatic heterocycles. The van der Waals surface area contributed by atoms with Gasteiger partial charge < -0.3 is 5.11 Å². The van der Waals surface area contributed by atoms with E-state index in [1.54, 1.807) is 11.3 Å². The third kappa shape index (κ3) is 3.73. The van der Waals surface area contributed by atoms with Gasteiger partial charge in [-0.2, -0.15) is 0 Å². The zero-order valence-electron chi connectivity index (χ0n) is 14.0. The van der Waals surface area contributed by atoms with E-state index in [0.717, 1.165) is 23.2 Å². The first-order valence-electron chi connectivity index (χ1n) is 8.25. The molecule has 3 nitrogen and oxygen atoms in total. The van der Waals surface area contributed by atoms with Crippen molar-refractivity contribution in [1.29, 1.82) is 0 Å². The van der Waals surface area contributed by atoms with Crippen molar-refractivity contribution in [3.05, 3.63) is 55.7 Å². The summed E-state index contributed by atoms with van der Waals surface area (Å²) in [5.41, 5.74) is 3.78. The van der Waals surface area contributed by atoms with Gasteiger partial charge in [0.15, 0.2) is 0 Å². The van der Waals surface area contributed by atoms with E-state index in [1.165, 1.54) is 21.6 Å². The maximum Gasteiger partial charge on any atom is 0.307 e. The predicted octanol–water partition coefficient (Wildman–Crippen LogP) is 5.01. The summed E-state index contributed by atoms with van der Waals surface area (Å²) in [5, 5.41) is 9.45. The molecule has 2 aromatic rings. The molecular weight excluding hydrogens is 386 g/mol. The van der Waals surface area contributed by atoms with Crippen molar-refractivity contribution >= 4 is 33.2 Å². The van der Waals surface area contributed by atoms with Crippen molar-refractivity contribution in [2.45, 2.75) is 32.7 Å². The molecule has 0 radical (unpaired) electrons. The fourth-order valence-electron chi connectivity index (χ4n) is 3.50. The van der Waals surface area contributed by atoms with E-state index in [9.17, 15) is 9.90 Å². The minimum absolute atomic E-state index is 0.128. The molecule has 0 spiro atoms. The van der Waals surface area contributed by atoms with Crippen LogP contribution < -0.4 is 0 Å². The number of halogens is 1. The number of rotatable bonds is 4. The number of thiophene rings is 1. The number of carboxylic acids is 1. The lowest BCUT2D eigenvalue weighted by Crippen LogP contribution is -2.41. The highest BCUT2D eigenvalue weighted by Gasteiger charge is 2.32. The molecule has 0 amide bonds. The molecule has 1 aliphatic heterocycles. The van der Waals surface area contributed by atoms with Crippen molar-refractivity contribution in [2.24, 2.45) is 5.92 Å². The molecule has 0 saturated carbocycles. The van der Waals surface area contributed by atoms with E-state index in [0.29, 0.717) is 6.54 Å². The van der Waals surface area contributed by atoms with Gasteiger partial charge in [0.05, 0.1) is 15.7 Å². The van der Waals surface area contributed by atoms with Crippen LogP contribution in [0.3, 0.4) is 0 Å². The first-order chi connectivity index (χ1) is 11.5. The van der Waals surface area contributed by atoms with E-state index in [-0.39, 0.29) is 12.0 Å². The zero-order valence-corrected chi connectivity index (χ0v) is 16.4. The smallest absolute Gasteiger partial charge is 0.307 e. The summed E-state index contributed by atoms with van der Waals surface area (Å²) in [6.45, 7) is 5.81. The Morgan fingerprint density at radius 2 is 2.12 bits per heavy atom. The summed E-state index contributed by atoms with van der Waals surface area (Å²) in [4.78, 5) is 15.1. The van der Waals surface area contributed by atoms with Crippen LogP contribution in [0.1, 0.15) is 40.5 Å². The summed E-state index contributed by atoms with van der Waals surface area (Å²) in [7, 11) is 0. The number of aliphatic carboxylic acids is 1. The molecule has 1 fully saturated rings. The van der Waals surface area contributed by atoms with Crippen LogP contribution in [0.4, 0.5) is 0 Å². The van der Waals surface area contributed by atoms with E-state index in [1.807, 2.05) is 0 Å². The molecular formula is C19H22BrNO2S. The van der Waals surface area contributed by atoms with Crippen LogP contribution in [-0.2, 0) is 4.79 Å². The number of hydrogen-bond donors (Lipinski definition) is 1. The highest BCUT2D eigenvalue weighted by Crippen LogP contribution is 2.39. The van der Waals surface area contributed by atoms with E-state index in [2.05, 4.69) is 65.0 Å². The normalized spacial score (nSPS) is 20.0. The van der Waals surface area contributed by atoms with E-state index in [4.69, 9.17) is 0 Å². The Morgan fingerprint density at radius 3 is 2.79 bits per heavy atom. The summed E-state index contributed by atoms with van der Waals surface area (Å²) in [5.74, 6) is -0.943. The van der Waals surface area contributed by atoms with Crippen molar-refractivity contribution < 1.29 is 9.90 Å². The Hall–Kier alpha value is -1.17. The molecule has 24 heavy (non-hydrogen) atoms. The number of aryl methyl sites for hydroxylation is 2. The average Bonchev–Trinajstić information content (AvgIpc) is 2.97. The van der Waals surface area contributed by atoms with Gasteiger partial charge in [-0.05, 0) is 72.4 Å². The second kappa shape index (κ2) is 7.38. The molecule has 2 atom stereocenters. The van der Waals surface area contributed by atoms with Crippen LogP contribution >= 0.6 is 27.3 Å². The maximum atomic E-state index is 11.5. The van der Waals surface area contributed by atoms with Gasteiger partial charge >= 0.3 is 5.97 Å². The minimum atomic E-state index is -0.674. The van der Waals surface area contributed by atoms with Gasteiger partial charge in [-0.25, -0.2) is 0 Å². The van der Waals surface area contributed by atoms with Gasteiger partial charge in [0, 0.05) is 11.4 Å². The van der Waals surface area contributed by atoms with Gasteiger partial charge in [0.2, 0.25) is 0 Å². The van der Waals surface area contributed by atoms with Gasteiger partial charge in [-0.1, -0.05) is 23.8 Å². The molecule has 2 unspecified atom stereocenters. The number of carbonyl (C=O) groups is 1. The molecule has 1 aliphatic rings.